The van der Waals surface area contributed by atoms with Crippen LogP contribution in [-0.4, -0.2) is 65.5 Å². The molecule has 3 heterocycles. The highest BCUT2D eigenvalue weighted by Gasteiger charge is 2.22. The second-order valence-electron chi connectivity index (χ2n) is 10.8. The normalized spacial score (nSPS) is 13.8. The van der Waals surface area contributed by atoms with Crippen molar-refractivity contribution in [2.75, 3.05) is 39.6 Å². The van der Waals surface area contributed by atoms with E-state index in [1.54, 1.807) is 24.3 Å². The molecule has 47 heavy (non-hydrogen) atoms. The Labute approximate surface area is 281 Å². The van der Waals surface area contributed by atoms with E-state index in [4.69, 9.17) is 30.2 Å². The summed E-state index contributed by atoms with van der Waals surface area (Å²) in [6, 6.07) is 26.0. The van der Waals surface area contributed by atoms with Crippen molar-refractivity contribution >= 4 is 40.9 Å². The first-order chi connectivity index (χ1) is 22.3. The van der Waals surface area contributed by atoms with Gasteiger partial charge in [-0.1, -0.05) is 48.0 Å². The summed E-state index contributed by atoms with van der Waals surface area (Å²) in [5, 5.41) is 19.8. The highest BCUT2D eigenvalue weighted by Crippen LogP contribution is 2.33. The molecule has 10 nitrogen and oxygen atoms in total. The van der Waals surface area contributed by atoms with Crippen LogP contribution in [0.3, 0.4) is 0 Å². The predicted octanol–water partition coefficient (Wildman–Crippen LogP) is 6.08. The molecule has 244 valence electrons. The molecule has 4 aromatic carbocycles. The summed E-state index contributed by atoms with van der Waals surface area (Å²) in [4.78, 5) is 28.5. The standard InChI is InChI=1S/C20H21ClN2O4.C15H10O4.ClH/c21-16-2-4-17(5-3-16)25-13-20(24)23-9-7-22(8-10-23)12-15-1-6-18-19(11-15)27-14-26-18;16-10-6-11(17)15-12(18)8-13(19-14(15)7-10)9-4-2-1-3-5-9;/h1-6,11H,7-10,12-14H2;1-8,16-17H;1H. The maximum Gasteiger partial charge on any atom is 0.260 e. The summed E-state index contributed by atoms with van der Waals surface area (Å²) in [5.74, 6) is 2.21. The lowest BCUT2D eigenvalue weighted by Gasteiger charge is -2.34. The number of carbonyl (C=O) groups is 1. The molecule has 0 atom stereocenters. The third-order valence-corrected chi connectivity index (χ3v) is 7.85. The molecule has 1 amide bonds. The molecule has 1 fully saturated rings. The monoisotopic (exact) mass is 678 g/mol. The van der Waals surface area contributed by atoms with Crippen molar-refractivity contribution in [3.63, 3.8) is 0 Å². The predicted molar refractivity (Wildman–Crippen MR) is 180 cm³/mol. The van der Waals surface area contributed by atoms with Gasteiger partial charge in [-0.15, -0.1) is 12.4 Å². The molecule has 0 bridgehead atoms. The summed E-state index contributed by atoms with van der Waals surface area (Å²) >= 11 is 5.85. The molecular weight excluding hydrogens is 647 g/mol. The van der Waals surface area contributed by atoms with Crippen LogP contribution in [0.5, 0.6) is 28.7 Å². The summed E-state index contributed by atoms with van der Waals surface area (Å²) in [7, 11) is 0. The van der Waals surface area contributed by atoms with Gasteiger partial charge in [-0.25, -0.2) is 0 Å². The van der Waals surface area contributed by atoms with E-state index in [1.165, 1.54) is 17.7 Å². The van der Waals surface area contributed by atoms with Gasteiger partial charge in [0.2, 0.25) is 6.79 Å². The van der Waals surface area contributed by atoms with Gasteiger partial charge in [-0.2, -0.15) is 0 Å². The summed E-state index contributed by atoms with van der Waals surface area (Å²) in [6.45, 7) is 4.24. The minimum Gasteiger partial charge on any atom is -0.508 e. The van der Waals surface area contributed by atoms with E-state index in [0.29, 0.717) is 29.6 Å². The van der Waals surface area contributed by atoms with Gasteiger partial charge in [0.25, 0.3) is 5.91 Å². The van der Waals surface area contributed by atoms with Crippen molar-refractivity contribution in [2.24, 2.45) is 0 Å². The van der Waals surface area contributed by atoms with Crippen LogP contribution in [0.15, 0.2) is 100 Å². The zero-order chi connectivity index (χ0) is 32.0. The Morgan fingerprint density at radius 3 is 2.32 bits per heavy atom. The van der Waals surface area contributed by atoms with Gasteiger partial charge in [0, 0.05) is 61.5 Å². The van der Waals surface area contributed by atoms with Crippen LogP contribution in [-0.2, 0) is 11.3 Å². The first kappa shape index (κ1) is 33.5. The number of rotatable bonds is 6. The molecule has 12 heteroatoms. The molecule has 5 aromatic rings. The van der Waals surface area contributed by atoms with Gasteiger partial charge in [0.15, 0.2) is 23.5 Å². The Hall–Kier alpha value is -4.90. The fraction of sp³-hybridized carbons (Fsp3) is 0.200. The van der Waals surface area contributed by atoms with E-state index in [9.17, 15) is 19.8 Å². The van der Waals surface area contributed by atoms with Crippen LogP contribution in [0.1, 0.15) is 5.56 Å². The molecule has 0 radical (unpaired) electrons. The smallest absolute Gasteiger partial charge is 0.260 e. The molecule has 0 aliphatic carbocycles. The van der Waals surface area contributed by atoms with Gasteiger partial charge in [0.05, 0.1) is 0 Å². The van der Waals surface area contributed by atoms with Crippen LogP contribution in [0.2, 0.25) is 5.02 Å². The topological polar surface area (TPSA) is 122 Å². The number of benzene rings is 4. The molecule has 2 aliphatic heterocycles. The highest BCUT2D eigenvalue weighted by molar-refractivity contribution is 6.30. The number of piperazine rings is 1. The number of hydrogen-bond acceptors (Lipinski definition) is 9. The first-order valence-electron chi connectivity index (χ1n) is 14.6. The molecule has 0 saturated carbocycles. The molecule has 7 rings (SSSR count). The number of aromatic hydroxyl groups is 2. The summed E-state index contributed by atoms with van der Waals surface area (Å²) < 4.78 is 21.9. The number of hydrogen-bond donors (Lipinski definition) is 2. The molecule has 1 aromatic heterocycles. The maximum atomic E-state index is 12.4. The highest BCUT2D eigenvalue weighted by atomic mass is 35.5. The molecular formula is C35H32Cl2N2O8. The van der Waals surface area contributed by atoms with Gasteiger partial charge in [0.1, 0.15) is 34.0 Å². The number of nitrogens with zero attached hydrogens (tertiary/aromatic N) is 2. The number of carbonyl (C=O) groups excluding carboxylic acids is 1. The SMILES string of the molecule is Cl.O=C(COc1ccc(Cl)cc1)N1CCN(Cc2ccc3c(c2)OCO3)CC1.O=c1cc(-c2ccccc2)oc2cc(O)cc(O)c12. The molecule has 0 spiro atoms. The Bertz CT molecular complexity index is 1890. The van der Waals surface area contributed by atoms with Crippen molar-refractivity contribution in [3.05, 3.63) is 112 Å². The van der Waals surface area contributed by atoms with Gasteiger partial charge in [-0.3, -0.25) is 14.5 Å². The summed E-state index contributed by atoms with van der Waals surface area (Å²) in [6.07, 6.45) is 0. The average molecular weight is 680 g/mol. The van der Waals surface area contributed by atoms with Crippen LogP contribution < -0.4 is 19.6 Å². The Morgan fingerprint density at radius 1 is 0.851 bits per heavy atom. The Kier molecular flexibility index (Phi) is 10.8. The number of phenolic OH excluding ortho intramolecular Hbond substituents is 2. The number of halogens is 2. The van der Waals surface area contributed by atoms with Crippen LogP contribution >= 0.6 is 24.0 Å². The largest absolute Gasteiger partial charge is 0.508 e. The number of phenols is 2. The third-order valence-electron chi connectivity index (χ3n) is 7.60. The second-order valence-corrected chi connectivity index (χ2v) is 11.2. The molecule has 0 unspecified atom stereocenters. The van der Waals surface area contributed by atoms with Crippen LogP contribution in [0.4, 0.5) is 0 Å². The zero-order valence-corrected chi connectivity index (χ0v) is 26.7. The zero-order valence-electron chi connectivity index (χ0n) is 25.1. The van der Waals surface area contributed by atoms with Gasteiger partial charge in [-0.05, 0) is 42.0 Å². The lowest BCUT2D eigenvalue weighted by Crippen LogP contribution is -2.49. The van der Waals surface area contributed by atoms with Crippen molar-refractivity contribution in [1.82, 2.24) is 9.80 Å². The van der Waals surface area contributed by atoms with Crippen molar-refractivity contribution in [3.8, 4) is 40.1 Å². The van der Waals surface area contributed by atoms with Crippen molar-refractivity contribution < 1.29 is 33.6 Å². The minimum absolute atomic E-state index is 0. The third kappa shape index (κ3) is 8.28. The first-order valence-corrected chi connectivity index (χ1v) is 15.0. The molecule has 2 aliphatic rings. The fourth-order valence-corrected chi connectivity index (χ4v) is 5.34. The van der Waals surface area contributed by atoms with E-state index in [-0.39, 0.29) is 59.6 Å². The van der Waals surface area contributed by atoms with Crippen LogP contribution in [0, 0.1) is 0 Å². The Morgan fingerprint density at radius 2 is 1.57 bits per heavy atom. The van der Waals surface area contributed by atoms with E-state index in [2.05, 4.69) is 11.0 Å². The fourth-order valence-electron chi connectivity index (χ4n) is 5.22. The van der Waals surface area contributed by atoms with Crippen molar-refractivity contribution in [2.45, 2.75) is 6.54 Å². The quantitative estimate of drug-likeness (QED) is 0.220. The van der Waals surface area contributed by atoms with Crippen LogP contribution in [0.25, 0.3) is 22.3 Å². The number of fused-ring (bicyclic) bond motifs is 2. The lowest BCUT2D eigenvalue weighted by atomic mass is 10.1. The van der Waals surface area contributed by atoms with Gasteiger partial charge < -0.3 is 33.7 Å². The van der Waals surface area contributed by atoms with E-state index in [1.807, 2.05) is 47.4 Å². The second kappa shape index (κ2) is 15.1. The molecule has 2 N–H and O–H groups in total. The number of ether oxygens (including phenoxy) is 3. The van der Waals surface area contributed by atoms with E-state index in [0.717, 1.165) is 42.8 Å². The number of amides is 1. The minimum atomic E-state index is -0.349. The average Bonchev–Trinajstić information content (AvgIpc) is 3.53. The summed E-state index contributed by atoms with van der Waals surface area (Å²) in [5.41, 5.74) is 1.75. The van der Waals surface area contributed by atoms with Gasteiger partial charge >= 0.3 is 0 Å². The lowest BCUT2D eigenvalue weighted by molar-refractivity contribution is -0.135. The Balaban J connectivity index is 0.000000191. The maximum absolute atomic E-state index is 12.4. The van der Waals surface area contributed by atoms with E-state index >= 15 is 0 Å². The van der Waals surface area contributed by atoms with E-state index < -0.39 is 0 Å². The van der Waals surface area contributed by atoms with Crippen molar-refractivity contribution in [1.29, 1.82) is 0 Å². The molecule has 1 saturated heterocycles.